The van der Waals surface area contributed by atoms with Crippen LogP contribution in [0.1, 0.15) is 26.2 Å². The normalized spacial score (nSPS) is 35.4. The maximum atomic E-state index is 12.6. The molecule has 3 aliphatic carbocycles. The Morgan fingerprint density at radius 3 is 2.52 bits per heavy atom. The molecule has 5 heteroatoms. The Labute approximate surface area is 147 Å². The molecule has 25 heavy (non-hydrogen) atoms. The molecule has 1 fully saturated rings. The highest BCUT2D eigenvalue weighted by Gasteiger charge is 2.49. The van der Waals surface area contributed by atoms with E-state index in [0.717, 1.165) is 35.4 Å². The Balaban J connectivity index is 2.04. The molecule has 4 aliphatic rings. The molecule has 1 aliphatic heterocycles. The van der Waals surface area contributed by atoms with E-state index in [4.69, 9.17) is 14.2 Å². The number of ether oxygens (including phenoxy) is 3. The highest BCUT2D eigenvalue weighted by atomic mass is 16.5. The first kappa shape index (κ1) is 16.2. The Hall–Kier alpha value is -2.30. The van der Waals surface area contributed by atoms with Crippen LogP contribution >= 0.6 is 0 Å². The van der Waals surface area contributed by atoms with Crippen molar-refractivity contribution in [1.29, 1.82) is 0 Å². The number of nitroso groups, excluding NO2 is 1. The van der Waals surface area contributed by atoms with Gasteiger partial charge >= 0.3 is 5.88 Å². The summed E-state index contributed by atoms with van der Waals surface area (Å²) in [5.41, 5.74) is 3.21. The lowest BCUT2D eigenvalue weighted by Crippen LogP contribution is -2.38. The molecule has 0 aromatic carbocycles. The Morgan fingerprint density at radius 2 is 1.84 bits per heavy atom. The highest BCUT2D eigenvalue weighted by Crippen LogP contribution is 2.57. The van der Waals surface area contributed by atoms with Gasteiger partial charge in [-0.1, -0.05) is 6.92 Å². The van der Waals surface area contributed by atoms with Crippen LogP contribution in [-0.2, 0) is 14.2 Å². The van der Waals surface area contributed by atoms with Gasteiger partial charge in [-0.25, -0.2) is 0 Å². The van der Waals surface area contributed by atoms with Crippen molar-refractivity contribution in [3.8, 4) is 0 Å². The second-order valence-corrected chi connectivity index (χ2v) is 7.37. The van der Waals surface area contributed by atoms with Crippen molar-refractivity contribution in [2.24, 2.45) is 17.3 Å². The molecule has 1 saturated carbocycles. The van der Waals surface area contributed by atoms with Gasteiger partial charge in [0.15, 0.2) is 11.5 Å². The lowest BCUT2D eigenvalue weighted by Gasteiger charge is -2.47. The van der Waals surface area contributed by atoms with Gasteiger partial charge in [0.25, 0.3) is 0 Å². The van der Waals surface area contributed by atoms with Crippen molar-refractivity contribution < 1.29 is 19.0 Å². The molecule has 5 nitrogen and oxygen atoms in total. The number of hydrogen-bond donors (Lipinski definition) is 0. The molecule has 0 aromatic rings. The lowest BCUT2D eigenvalue weighted by atomic mass is 9.57. The van der Waals surface area contributed by atoms with Crippen LogP contribution in [0.3, 0.4) is 0 Å². The topological polar surface area (TPSA) is 47.8 Å². The largest absolute Gasteiger partial charge is 0.493 e. The summed E-state index contributed by atoms with van der Waals surface area (Å²) in [6.45, 7) is 2.28. The van der Waals surface area contributed by atoms with Gasteiger partial charge in [-0.2, -0.15) is 0 Å². The van der Waals surface area contributed by atoms with Gasteiger partial charge in [0.2, 0.25) is 6.20 Å². The van der Waals surface area contributed by atoms with Crippen LogP contribution < -0.4 is 0 Å². The summed E-state index contributed by atoms with van der Waals surface area (Å²) in [5.74, 6) is 2.88. The average molecular weight is 342 g/mol. The van der Waals surface area contributed by atoms with Crippen molar-refractivity contribution >= 4 is 0 Å². The molecule has 0 aromatic heterocycles. The van der Waals surface area contributed by atoms with Gasteiger partial charge in [0.1, 0.15) is 4.76 Å². The van der Waals surface area contributed by atoms with Crippen LogP contribution in [0, 0.1) is 22.2 Å². The molecule has 132 valence electrons. The standard InChI is InChI=1S/C20H24NO4/c1-12-5-14-11-21(22)19(25-4)10-20-8-13(12)6-15(14)16(20)7-17(23-2)18(9-20)24-3/h7,9-13H,5-6,8H2,1-4H3/q+1/b14-11?,19-10+. The fourth-order valence-electron chi connectivity index (χ4n) is 4.74. The van der Waals surface area contributed by atoms with Crippen LogP contribution in [0.5, 0.6) is 0 Å². The van der Waals surface area contributed by atoms with Gasteiger partial charge in [-0.15, -0.1) is 0 Å². The maximum absolute atomic E-state index is 12.6. The number of nitrogens with zero attached hydrogens (tertiary/aromatic N) is 1. The fraction of sp³-hybridized carbons (Fsp3) is 0.500. The van der Waals surface area contributed by atoms with E-state index >= 15 is 0 Å². The van der Waals surface area contributed by atoms with Crippen molar-refractivity contribution in [3.05, 3.63) is 63.5 Å². The Kier molecular flexibility index (Phi) is 3.63. The molecule has 0 spiro atoms. The predicted octanol–water partition coefficient (Wildman–Crippen LogP) is 3.96. The summed E-state index contributed by atoms with van der Waals surface area (Å²) >= 11 is 0. The van der Waals surface area contributed by atoms with E-state index in [9.17, 15) is 4.91 Å². The molecule has 0 radical (unpaired) electrons. The number of fused-ring (bicyclic) bond motifs is 1. The molecule has 0 amide bonds. The molecule has 0 saturated heterocycles. The van der Waals surface area contributed by atoms with E-state index in [1.165, 1.54) is 11.1 Å². The minimum atomic E-state index is -0.395. The SMILES string of the molecule is COC1=CC2=C3CC4CC2(C=C1OC)/C=C(/OC)[N+](=O)C=C3CC4C. The van der Waals surface area contributed by atoms with E-state index in [2.05, 4.69) is 19.1 Å². The number of methoxy groups -OCH3 is 3. The van der Waals surface area contributed by atoms with Crippen molar-refractivity contribution in [2.75, 3.05) is 21.3 Å². The number of allylic oxidation sites excluding steroid dienone is 6. The van der Waals surface area contributed by atoms with Crippen LogP contribution in [0.15, 0.2) is 58.5 Å². The van der Waals surface area contributed by atoms with Crippen LogP contribution in [-0.4, -0.2) is 26.1 Å². The zero-order valence-corrected chi connectivity index (χ0v) is 15.2. The van der Waals surface area contributed by atoms with E-state index in [1.807, 2.05) is 6.08 Å². The highest BCUT2D eigenvalue weighted by molar-refractivity contribution is 5.56. The van der Waals surface area contributed by atoms with Crippen LogP contribution in [0.2, 0.25) is 0 Å². The van der Waals surface area contributed by atoms with E-state index in [-0.39, 0.29) is 0 Å². The average Bonchev–Trinajstić information content (AvgIpc) is 2.61. The number of hydrogen-bond acceptors (Lipinski definition) is 4. The summed E-state index contributed by atoms with van der Waals surface area (Å²) in [5, 5.41) is 0. The van der Waals surface area contributed by atoms with E-state index < -0.39 is 5.41 Å². The summed E-state index contributed by atoms with van der Waals surface area (Å²) in [6, 6.07) is 0. The smallest absolute Gasteiger partial charge is 0.419 e. The van der Waals surface area contributed by atoms with Gasteiger partial charge in [-0.05, 0) is 54.4 Å². The predicted molar refractivity (Wildman–Crippen MR) is 93.0 cm³/mol. The molecule has 4 rings (SSSR count). The summed E-state index contributed by atoms with van der Waals surface area (Å²) < 4.78 is 17.4. The molecular weight excluding hydrogens is 318 g/mol. The second-order valence-electron chi connectivity index (χ2n) is 7.37. The minimum Gasteiger partial charge on any atom is -0.493 e. The molecular formula is C20H24NO4+. The third-order valence-corrected chi connectivity index (χ3v) is 6.05. The zero-order chi connectivity index (χ0) is 17.8. The first-order valence-electron chi connectivity index (χ1n) is 8.72. The molecule has 3 bridgehead atoms. The lowest BCUT2D eigenvalue weighted by molar-refractivity contribution is -0.462. The van der Waals surface area contributed by atoms with Gasteiger partial charge < -0.3 is 14.2 Å². The van der Waals surface area contributed by atoms with Gasteiger partial charge in [0.05, 0.1) is 21.3 Å². The first-order chi connectivity index (χ1) is 12.0. The Bertz CT molecular complexity index is 799. The van der Waals surface area contributed by atoms with E-state index in [0.29, 0.717) is 23.5 Å². The van der Waals surface area contributed by atoms with E-state index in [1.54, 1.807) is 27.5 Å². The minimum absolute atomic E-state index is 0.324. The molecule has 3 atom stereocenters. The molecule has 1 heterocycles. The monoisotopic (exact) mass is 342 g/mol. The van der Waals surface area contributed by atoms with Crippen LogP contribution in [0.4, 0.5) is 0 Å². The Morgan fingerprint density at radius 1 is 1.08 bits per heavy atom. The molecule has 3 unspecified atom stereocenters. The summed E-state index contributed by atoms with van der Waals surface area (Å²) in [7, 11) is 4.85. The zero-order valence-electron chi connectivity index (χ0n) is 15.2. The van der Waals surface area contributed by atoms with Gasteiger partial charge in [0, 0.05) is 22.0 Å². The third-order valence-electron chi connectivity index (χ3n) is 6.05. The maximum Gasteiger partial charge on any atom is 0.419 e. The molecule has 0 N–H and O–H groups in total. The summed E-state index contributed by atoms with van der Waals surface area (Å²) in [4.78, 5) is 12.6. The quantitative estimate of drug-likeness (QED) is 0.729. The fourth-order valence-corrected chi connectivity index (χ4v) is 4.74. The van der Waals surface area contributed by atoms with Crippen molar-refractivity contribution in [2.45, 2.75) is 26.2 Å². The van der Waals surface area contributed by atoms with Crippen molar-refractivity contribution in [1.82, 2.24) is 0 Å². The van der Waals surface area contributed by atoms with Crippen molar-refractivity contribution in [3.63, 3.8) is 0 Å². The van der Waals surface area contributed by atoms with Gasteiger partial charge in [-0.3, -0.25) is 0 Å². The summed E-state index contributed by atoms with van der Waals surface area (Å²) in [6.07, 6.45) is 10.7. The van der Waals surface area contributed by atoms with Crippen LogP contribution in [0.25, 0.3) is 0 Å². The first-order valence-corrected chi connectivity index (χ1v) is 8.72. The number of rotatable bonds is 3. The third kappa shape index (κ3) is 2.29. The second kappa shape index (κ2) is 5.61.